The quantitative estimate of drug-likeness (QED) is 0.622. The SMILES string of the molecule is CCNC(=NCc1ccc(S(C)(=O)=O)cc1)NCc1ccco1. The molecule has 0 radical (unpaired) electrons. The van der Waals surface area contributed by atoms with E-state index in [1.165, 1.54) is 6.26 Å². The molecule has 2 rings (SSSR count). The summed E-state index contributed by atoms with van der Waals surface area (Å²) in [5, 5.41) is 6.33. The van der Waals surface area contributed by atoms with E-state index in [1.54, 1.807) is 30.5 Å². The molecule has 124 valence electrons. The van der Waals surface area contributed by atoms with Crippen molar-refractivity contribution < 1.29 is 12.8 Å². The van der Waals surface area contributed by atoms with E-state index in [4.69, 9.17) is 4.42 Å². The summed E-state index contributed by atoms with van der Waals surface area (Å²) in [6.45, 7) is 3.74. The van der Waals surface area contributed by atoms with Crippen molar-refractivity contribution in [1.29, 1.82) is 0 Å². The molecule has 0 amide bonds. The Morgan fingerprint density at radius 3 is 2.48 bits per heavy atom. The fraction of sp³-hybridized carbons (Fsp3) is 0.312. The number of benzene rings is 1. The van der Waals surface area contributed by atoms with E-state index in [1.807, 2.05) is 19.1 Å². The standard InChI is InChI=1S/C16H21N3O3S/c1-3-17-16(19-12-14-5-4-10-22-14)18-11-13-6-8-15(9-7-13)23(2,20)21/h4-10H,3,11-12H2,1-2H3,(H2,17,18,19). The summed E-state index contributed by atoms with van der Waals surface area (Å²) in [6, 6.07) is 10.5. The molecule has 1 heterocycles. The van der Waals surface area contributed by atoms with Gasteiger partial charge in [0.15, 0.2) is 15.8 Å². The van der Waals surface area contributed by atoms with Gasteiger partial charge in [-0.15, -0.1) is 0 Å². The first-order valence-electron chi connectivity index (χ1n) is 7.32. The van der Waals surface area contributed by atoms with Crippen molar-refractivity contribution in [2.24, 2.45) is 4.99 Å². The van der Waals surface area contributed by atoms with E-state index >= 15 is 0 Å². The normalized spacial score (nSPS) is 12.2. The molecule has 6 nitrogen and oxygen atoms in total. The van der Waals surface area contributed by atoms with Gasteiger partial charge in [-0.2, -0.15) is 0 Å². The van der Waals surface area contributed by atoms with Crippen LogP contribution in [0.3, 0.4) is 0 Å². The predicted octanol–water partition coefficient (Wildman–Crippen LogP) is 1.94. The van der Waals surface area contributed by atoms with Crippen molar-refractivity contribution >= 4 is 15.8 Å². The Kier molecular flexibility index (Phi) is 5.81. The molecule has 0 spiro atoms. The molecular formula is C16H21N3O3S. The zero-order valence-electron chi connectivity index (χ0n) is 13.2. The summed E-state index contributed by atoms with van der Waals surface area (Å²) in [4.78, 5) is 4.79. The highest BCUT2D eigenvalue weighted by Gasteiger charge is 2.06. The van der Waals surface area contributed by atoms with Crippen LogP contribution < -0.4 is 10.6 Å². The van der Waals surface area contributed by atoms with E-state index in [-0.39, 0.29) is 0 Å². The first kappa shape index (κ1) is 17.1. The van der Waals surface area contributed by atoms with Crippen LogP contribution in [-0.4, -0.2) is 27.2 Å². The molecule has 0 saturated carbocycles. The van der Waals surface area contributed by atoms with Gasteiger partial charge in [-0.1, -0.05) is 12.1 Å². The van der Waals surface area contributed by atoms with E-state index in [0.29, 0.717) is 23.9 Å². The molecule has 23 heavy (non-hydrogen) atoms. The van der Waals surface area contributed by atoms with Crippen LogP contribution in [0.25, 0.3) is 0 Å². The number of hydrogen-bond donors (Lipinski definition) is 2. The van der Waals surface area contributed by atoms with Gasteiger partial charge < -0.3 is 15.1 Å². The molecule has 0 unspecified atom stereocenters. The third-order valence-electron chi connectivity index (χ3n) is 3.13. The maximum Gasteiger partial charge on any atom is 0.191 e. The second-order valence-corrected chi connectivity index (χ2v) is 7.06. The topological polar surface area (TPSA) is 83.7 Å². The lowest BCUT2D eigenvalue weighted by atomic mass is 10.2. The summed E-state index contributed by atoms with van der Waals surface area (Å²) in [5.74, 6) is 1.50. The highest BCUT2D eigenvalue weighted by Crippen LogP contribution is 2.11. The van der Waals surface area contributed by atoms with Crippen molar-refractivity contribution in [3.8, 4) is 0 Å². The summed E-state index contributed by atoms with van der Waals surface area (Å²) in [7, 11) is -3.16. The van der Waals surface area contributed by atoms with Gasteiger partial charge in [0.2, 0.25) is 0 Å². The molecule has 7 heteroatoms. The molecule has 1 aromatic heterocycles. The van der Waals surface area contributed by atoms with Crippen LogP contribution in [0, 0.1) is 0 Å². The Hall–Kier alpha value is -2.28. The summed E-state index contributed by atoms with van der Waals surface area (Å²) >= 11 is 0. The summed E-state index contributed by atoms with van der Waals surface area (Å²) in [5.41, 5.74) is 0.938. The molecule has 2 N–H and O–H groups in total. The van der Waals surface area contributed by atoms with Crippen LogP contribution in [0.2, 0.25) is 0 Å². The van der Waals surface area contributed by atoms with Crippen molar-refractivity contribution in [3.63, 3.8) is 0 Å². The van der Waals surface area contributed by atoms with Crippen LogP contribution in [0.15, 0.2) is 57.0 Å². The van der Waals surface area contributed by atoms with Crippen molar-refractivity contribution in [2.75, 3.05) is 12.8 Å². The monoisotopic (exact) mass is 335 g/mol. The van der Waals surface area contributed by atoms with E-state index in [2.05, 4.69) is 15.6 Å². The molecule has 1 aromatic carbocycles. The minimum Gasteiger partial charge on any atom is -0.467 e. The molecule has 0 aliphatic rings. The van der Waals surface area contributed by atoms with Crippen LogP contribution in [0.5, 0.6) is 0 Å². The first-order valence-corrected chi connectivity index (χ1v) is 9.21. The highest BCUT2D eigenvalue weighted by molar-refractivity contribution is 7.90. The Bertz CT molecular complexity index is 735. The molecular weight excluding hydrogens is 314 g/mol. The lowest BCUT2D eigenvalue weighted by Crippen LogP contribution is -2.36. The van der Waals surface area contributed by atoms with Crippen molar-refractivity contribution in [2.45, 2.75) is 24.9 Å². The van der Waals surface area contributed by atoms with Gasteiger partial charge >= 0.3 is 0 Å². The first-order chi connectivity index (χ1) is 11.0. The third-order valence-corrected chi connectivity index (χ3v) is 4.25. The number of aliphatic imine (C=N–C) groups is 1. The van der Waals surface area contributed by atoms with E-state index in [9.17, 15) is 8.42 Å². The number of nitrogens with zero attached hydrogens (tertiary/aromatic N) is 1. The average molecular weight is 335 g/mol. The largest absolute Gasteiger partial charge is 0.467 e. The van der Waals surface area contributed by atoms with Gasteiger partial charge in [-0.3, -0.25) is 0 Å². The minimum absolute atomic E-state index is 0.313. The van der Waals surface area contributed by atoms with Crippen LogP contribution in [0.1, 0.15) is 18.2 Å². The minimum atomic E-state index is -3.16. The van der Waals surface area contributed by atoms with Gasteiger partial charge in [-0.05, 0) is 36.8 Å². The molecule has 0 saturated heterocycles. The molecule has 0 aliphatic heterocycles. The Morgan fingerprint density at radius 2 is 1.91 bits per heavy atom. The number of furan rings is 1. The Labute approximate surface area is 136 Å². The fourth-order valence-electron chi connectivity index (χ4n) is 1.94. The number of rotatable bonds is 6. The smallest absolute Gasteiger partial charge is 0.191 e. The van der Waals surface area contributed by atoms with Gasteiger partial charge in [0.05, 0.1) is 24.2 Å². The van der Waals surface area contributed by atoms with Crippen LogP contribution in [-0.2, 0) is 22.9 Å². The predicted molar refractivity (Wildman–Crippen MR) is 89.9 cm³/mol. The number of sulfone groups is 1. The van der Waals surface area contributed by atoms with Crippen LogP contribution in [0.4, 0.5) is 0 Å². The van der Waals surface area contributed by atoms with Crippen molar-refractivity contribution in [1.82, 2.24) is 10.6 Å². The second kappa shape index (κ2) is 7.82. The fourth-order valence-corrected chi connectivity index (χ4v) is 2.57. The molecule has 0 aliphatic carbocycles. The third kappa shape index (κ3) is 5.45. The molecule has 0 bridgehead atoms. The number of guanidine groups is 1. The lowest BCUT2D eigenvalue weighted by Gasteiger charge is -2.10. The highest BCUT2D eigenvalue weighted by atomic mass is 32.2. The van der Waals surface area contributed by atoms with E-state index in [0.717, 1.165) is 17.9 Å². The van der Waals surface area contributed by atoms with Gasteiger partial charge in [-0.25, -0.2) is 13.4 Å². The molecule has 0 fully saturated rings. The van der Waals surface area contributed by atoms with Crippen molar-refractivity contribution in [3.05, 3.63) is 54.0 Å². The van der Waals surface area contributed by atoms with Gasteiger partial charge in [0, 0.05) is 12.8 Å². The van der Waals surface area contributed by atoms with Gasteiger partial charge in [0.1, 0.15) is 5.76 Å². The second-order valence-electron chi connectivity index (χ2n) is 5.04. The Balaban J connectivity index is 1.99. The average Bonchev–Trinajstić information content (AvgIpc) is 3.03. The lowest BCUT2D eigenvalue weighted by molar-refractivity contribution is 0.501. The zero-order chi connectivity index (χ0) is 16.7. The molecule has 2 aromatic rings. The number of nitrogens with one attached hydrogen (secondary N) is 2. The molecule has 0 atom stereocenters. The Morgan fingerprint density at radius 1 is 1.17 bits per heavy atom. The summed E-state index contributed by atoms with van der Waals surface area (Å²) < 4.78 is 28.1. The number of hydrogen-bond acceptors (Lipinski definition) is 4. The van der Waals surface area contributed by atoms with E-state index < -0.39 is 9.84 Å². The maximum atomic E-state index is 11.4. The zero-order valence-corrected chi connectivity index (χ0v) is 14.1. The summed E-state index contributed by atoms with van der Waals surface area (Å²) in [6.07, 6.45) is 2.83. The van der Waals surface area contributed by atoms with Crippen LogP contribution >= 0.6 is 0 Å². The van der Waals surface area contributed by atoms with Gasteiger partial charge in [0.25, 0.3) is 0 Å². The maximum absolute atomic E-state index is 11.4.